The van der Waals surface area contributed by atoms with Gasteiger partial charge in [-0.05, 0) is 24.1 Å². The molecule has 2 N–H and O–H groups in total. The van der Waals surface area contributed by atoms with Gasteiger partial charge in [-0.15, -0.1) is 0 Å². The van der Waals surface area contributed by atoms with Gasteiger partial charge in [-0.2, -0.15) is 0 Å². The number of hydrogen-bond acceptors (Lipinski definition) is 3. The van der Waals surface area contributed by atoms with Crippen LogP contribution < -0.4 is 15.4 Å². The number of ether oxygens (including phenoxy) is 1. The Morgan fingerprint density at radius 1 is 1.06 bits per heavy atom. The minimum atomic E-state index is -0.196. The van der Waals surface area contributed by atoms with Crippen LogP contribution in [0.1, 0.15) is 12.0 Å². The summed E-state index contributed by atoms with van der Waals surface area (Å²) in [4.78, 5) is 22.8. The Hall–Kier alpha value is -2.04. The van der Waals surface area contributed by atoms with Crippen LogP contribution in [0.4, 0.5) is 0 Å². The van der Waals surface area contributed by atoms with Crippen molar-refractivity contribution in [3.05, 3.63) is 29.8 Å². The maximum Gasteiger partial charge on any atom is 0.239 e. The molecule has 2 amide bonds. The highest BCUT2D eigenvalue weighted by Crippen LogP contribution is 2.14. The number of nitrogens with one attached hydrogen (secondary N) is 2. The van der Waals surface area contributed by atoms with Gasteiger partial charge in [0.2, 0.25) is 11.8 Å². The van der Waals surface area contributed by atoms with Crippen LogP contribution in [0.15, 0.2) is 24.3 Å². The zero-order valence-corrected chi connectivity index (χ0v) is 10.1. The van der Waals surface area contributed by atoms with Gasteiger partial charge in [0.05, 0.1) is 13.1 Å². The minimum Gasteiger partial charge on any atom is -0.492 e. The monoisotopic (exact) mass is 248 g/mol. The van der Waals surface area contributed by atoms with E-state index in [0.717, 1.165) is 11.3 Å². The summed E-state index contributed by atoms with van der Waals surface area (Å²) in [6.07, 6.45) is 1.02. The molecule has 0 saturated heterocycles. The lowest BCUT2D eigenvalue weighted by Crippen LogP contribution is -2.38. The first-order valence-electron chi connectivity index (χ1n) is 5.99. The second-order valence-electron chi connectivity index (χ2n) is 4.12. The highest BCUT2D eigenvalue weighted by molar-refractivity contribution is 5.84. The van der Waals surface area contributed by atoms with Gasteiger partial charge in [-0.3, -0.25) is 9.59 Å². The topological polar surface area (TPSA) is 67.4 Å². The Morgan fingerprint density at radius 2 is 1.94 bits per heavy atom. The number of aryl methyl sites for hydroxylation is 1. The average Bonchev–Trinajstić information content (AvgIpc) is 2.39. The summed E-state index contributed by atoms with van der Waals surface area (Å²) in [5, 5.41) is 5.26. The molecule has 18 heavy (non-hydrogen) atoms. The zero-order chi connectivity index (χ0) is 12.8. The summed E-state index contributed by atoms with van der Waals surface area (Å²) in [6.45, 7) is 0.873. The van der Waals surface area contributed by atoms with E-state index in [1.165, 1.54) is 0 Å². The fourth-order valence-corrected chi connectivity index (χ4v) is 1.74. The van der Waals surface area contributed by atoms with Crippen molar-refractivity contribution in [3.63, 3.8) is 0 Å². The van der Waals surface area contributed by atoms with Crippen molar-refractivity contribution in [2.24, 2.45) is 0 Å². The van der Waals surface area contributed by atoms with Gasteiger partial charge in [-0.1, -0.05) is 12.1 Å². The summed E-state index contributed by atoms with van der Waals surface area (Å²) in [5.74, 6) is 0.454. The van der Waals surface area contributed by atoms with Gasteiger partial charge in [0.1, 0.15) is 12.4 Å². The molecule has 0 aromatic heterocycles. The molecule has 1 aliphatic rings. The molecule has 1 aromatic carbocycles. The molecule has 2 bridgehead atoms. The normalized spacial score (nSPS) is 17.3. The zero-order valence-electron chi connectivity index (χ0n) is 10.1. The number of hydrogen-bond donors (Lipinski definition) is 2. The van der Waals surface area contributed by atoms with Crippen LogP contribution in [0.3, 0.4) is 0 Å². The van der Waals surface area contributed by atoms with E-state index in [2.05, 4.69) is 10.6 Å². The van der Waals surface area contributed by atoms with Crippen LogP contribution >= 0.6 is 0 Å². The molecule has 0 unspecified atom stereocenters. The number of amides is 2. The van der Waals surface area contributed by atoms with Crippen molar-refractivity contribution in [1.82, 2.24) is 10.6 Å². The smallest absolute Gasteiger partial charge is 0.239 e. The molecule has 0 radical (unpaired) electrons. The molecular formula is C13H16N2O3. The van der Waals surface area contributed by atoms with Gasteiger partial charge in [0.15, 0.2) is 0 Å². The molecule has 1 heterocycles. The Kier molecular flexibility index (Phi) is 4.17. The van der Waals surface area contributed by atoms with Crippen LogP contribution in [0.25, 0.3) is 0 Å². The maximum absolute atomic E-state index is 11.5. The maximum atomic E-state index is 11.5. The number of carbonyl (C=O) groups excluding carboxylic acids is 2. The Labute approximate surface area is 106 Å². The summed E-state index contributed by atoms with van der Waals surface area (Å²) in [7, 11) is 0. The number of rotatable bonds is 0. The lowest BCUT2D eigenvalue weighted by Gasteiger charge is -2.07. The predicted octanol–water partition coefficient (Wildman–Crippen LogP) is 0.244. The van der Waals surface area contributed by atoms with Gasteiger partial charge >= 0.3 is 0 Å². The van der Waals surface area contributed by atoms with Gasteiger partial charge < -0.3 is 15.4 Å². The highest BCUT2D eigenvalue weighted by atomic mass is 16.5. The molecule has 1 aliphatic heterocycles. The largest absolute Gasteiger partial charge is 0.492 e. The molecule has 1 aromatic rings. The molecule has 0 saturated carbocycles. The Balaban J connectivity index is 2.05. The van der Waals surface area contributed by atoms with Gasteiger partial charge in [0, 0.05) is 6.42 Å². The van der Waals surface area contributed by atoms with E-state index in [1.807, 2.05) is 24.3 Å². The summed E-state index contributed by atoms with van der Waals surface area (Å²) in [5.41, 5.74) is 1.06. The lowest BCUT2D eigenvalue weighted by atomic mass is 10.1. The van der Waals surface area contributed by atoms with E-state index in [4.69, 9.17) is 4.74 Å². The second-order valence-corrected chi connectivity index (χ2v) is 4.12. The van der Waals surface area contributed by atoms with Crippen molar-refractivity contribution in [1.29, 1.82) is 0 Å². The van der Waals surface area contributed by atoms with Crippen LogP contribution in [0.5, 0.6) is 5.75 Å². The molecule has 0 atom stereocenters. The van der Waals surface area contributed by atoms with Gasteiger partial charge in [-0.25, -0.2) is 0 Å². The van der Waals surface area contributed by atoms with Crippen LogP contribution in [0.2, 0.25) is 0 Å². The third kappa shape index (κ3) is 3.76. The Bertz CT molecular complexity index is 446. The summed E-state index contributed by atoms with van der Waals surface area (Å²) < 4.78 is 5.52. The standard InChI is InChI=1S/C13H16N2O3/c16-12-5-4-10-2-1-3-11(8-10)18-7-6-14-13(17)9-15-12/h1-3,8H,4-7,9H2,(H,14,17)(H,15,16). The summed E-state index contributed by atoms with van der Waals surface area (Å²) in [6, 6.07) is 7.65. The molecule has 2 rings (SSSR count). The van der Waals surface area contributed by atoms with Crippen molar-refractivity contribution in [2.75, 3.05) is 19.7 Å². The Morgan fingerprint density at radius 3 is 2.83 bits per heavy atom. The SMILES string of the molecule is O=C1CCc2cccc(c2)OCCNC(=O)CN1. The molecule has 0 fully saturated rings. The molecule has 96 valence electrons. The van der Waals surface area contributed by atoms with E-state index >= 15 is 0 Å². The molecule has 5 nitrogen and oxygen atoms in total. The summed E-state index contributed by atoms with van der Waals surface area (Å²) >= 11 is 0. The quantitative estimate of drug-likeness (QED) is 0.691. The van der Waals surface area contributed by atoms with Crippen molar-refractivity contribution in [2.45, 2.75) is 12.8 Å². The third-order valence-corrected chi connectivity index (χ3v) is 2.68. The fraction of sp³-hybridized carbons (Fsp3) is 0.385. The second kappa shape index (κ2) is 6.05. The fourth-order valence-electron chi connectivity index (χ4n) is 1.74. The average molecular weight is 248 g/mol. The van der Waals surface area contributed by atoms with Crippen LogP contribution in [0, 0.1) is 0 Å². The minimum absolute atomic E-state index is 0.0242. The van der Waals surface area contributed by atoms with E-state index < -0.39 is 0 Å². The first kappa shape index (κ1) is 12.4. The van der Waals surface area contributed by atoms with E-state index in [9.17, 15) is 9.59 Å². The highest BCUT2D eigenvalue weighted by Gasteiger charge is 2.07. The van der Waals surface area contributed by atoms with E-state index in [0.29, 0.717) is 26.0 Å². The third-order valence-electron chi connectivity index (χ3n) is 2.68. The molecule has 5 heteroatoms. The lowest BCUT2D eigenvalue weighted by molar-refractivity contribution is -0.126. The predicted molar refractivity (Wildman–Crippen MR) is 66.3 cm³/mol. The number of benzene rings is 1. The van der Waals surface area contributed by atoms with E-state index in [-0.39, 0.29) is 18.4 Å². The number of fused-ring (bicyclic) bond motifs is 2. The van der Waals surface area contributed by atoms with Crippen molar-refractivity contribution < 1.29 is 14.3 Å². The number of carbonyl (C=O) groups is 2. The van der Waals surface area contributed by atoms with Crippen molar-refractivity contribution >= 4 is 11.8 Å². The first-order valence-corrected chi connectivity index (χ1v) is 5.99. The van der Waals surface area contributed by atoms with Gasteiger partial charge in [0.25, 0.3) is 0 Å². The van der Waals surface area contributed by atoms with Crippen LogP contribution in [-0.4, -0.2) is 31.5 Å². The molecular weight excluding hydrogens is 232 g/mol. The molecule has 0 aliphatic carbocycles. The molecule has 0 spiro atoms. The first-order chi connectivity index (χ1) is 8.74. The van der Waals surface area contributed by atoms with Crippen LogP contribution in [-0.2, 0) is 16.0 Å². The van der Waals surface area contributed by atoms with E-state index in [1.54, 1.807) is 0 Å². The van der Waals surface area contributed by atoms with Crippen molar-refractivity contribution in [3.8, 4) is 5.75 Å².